The van der Waals surface area contributed by atoms with Crippen LogP contribution < -0.4 is 15.0 Å². The van der Waals surface area contributed by atoms with Crippen molar-refractivity contribution in [1.29, 1.82) is 5.26 Å². The SMILES string of the molecule is COCC(Oc1cc(NC(=O)N2CCCc3cc(C(F)F)c(C=O)nc32)ncc1C#N)C(F)(F)F. The number of methoxy groups -OCH3 is 1. The average Bonchev–Trinajstić information content (AvgIpc) is 2.82. The molecule has 2 aromatic heterocycles. The monoisotopic (exact) mass is 499 g/mol. The standard InChI is InChI=1S/C21H18F5N5O4/c1-34-10-16(21(24,25)26)35-15-6-17(28-8-12(15)7-27)30-20(33)31-4-2-3-11-5-13(18(22)23)14(9-32)29-19(11)31/h5-6,8-9,16,18H,2-4,10H2,1H3,(H,28,30,33). The summed E-state index contributed by atoms with van der Waals surface area (Å²) in [5.41, 5.74) is -1.04. The highest BCUT2D eigenvalue weighted by Crippen LogP contribution is 2.32. The topological polar surface area (TPSA) is 117 Å². The zero-order valence-electron chi connectivity index (χ0n) is 18.1. The fourth-order valence-corrected chi connectivity index (χ4v) is 3.36. The molecule has 1 atom stereocenters. The maximum Gasteiger partial charge on any atom is 0.427 e. The van der Waals surface area contributed by atoms with Gasteiger partial charge in [-0.2, -0.15) is 18.4 Å². The van der Waals surface area contributed by atoms with Crippen LogP contribution in [0.15, 0.2) is 18.3 Å². The highest BCUT2D eigenvalue weighted by atomic mass is 19.4. The van der Waals surface area contributed by atoms with Gasteiger partial charge in [-0.25, -0.2) is 23.5 Å². The normalized spacial score (nSPS) is 14.2. The fraction of sp³-hybridized carbons (Fsp3) is 0.381. The Morgan fingerprint density at radius 1 is 1.37 bits per heavy atom. The third kappa shape index (κ3) is 5.80. The first-order valence-electron chi connectivity index (χ1n) is 10.1. The number of aldehydes is 1. The summed E-state index contributed by atoms with van der Waals surface area (Å²) >= 11 is 0. The van der Waals surface area contributed by atoms with Crippen LogP contribution >= 0.6 is 0 Å². The number of aryl methyl sites for hydroxylation is 1. The molecule has 35 heavy (non-hydrogen) atoms. The molecule has 1 unspecified atom stereocenters. The number of carbonyl (C=O) groups is 2. The number of carbonyl (C=O) groups excluding carboxylic acids is 2. The molecule has 3 heterocycles. The average molecular weight is 499 g/mol. The van der Waals surface area contributed by atoms with E-state index in [1.54, 1.807) is 6.07 Å². The number of rotatable bonds is 7. The molecule has 0 saturated carbocycles. The molecular formula is C21H18F5N5O4. The third-order valence-electron chi connectivity index (χ3n) is 4.99. The number of nitrogens with zero attached hydrogens (tertiary/aromatic N) is 4. The summed E-state index contributed by atoms with van der Waals surface area (Å²) in [5, 5.41) is 11.6. The van der Waals surface area contributed by atoms with Gasteiger partial charge in [0.25, 0.3) is 6.43 Å². The van der Waals surface area contributed by atoms with Crippen molar-refractivity contribution in [3.8, 4) is 11.8 Å². The van der Waals surface area contributed by atoms with Gasteiger partial charge in [-0.1, -0.05) is 0 Å². The van der Waals surface area contributed by atoms with Gasteiger partial charge in [0.2, 0.25) is 6.10 Å². The summed E-state index contributed by atoms with van der Waals surface area (Å²) < 4.78 is 75.5. The molecule has 2 aromatic rings. The van der Waals surface area contributed by atoms with Crippen LogP contribution in [0.4, 0.5) is 38.4 Å². The Morgan fingerprint density at radius 2 is 2.11 bits per heavy atom. The number of urea groups is 1. The molecule has 2 amide bonds. The van der Waals surface area contributed by atoms with E-state index in [4.69, 9.17) is 4.74 Å². The van der Waals surface area contributed by atoms with E-state index in [0.717, 1.165) is 30.3 Å². The van der Waals surface area contributed by atoms with Crippen LogP contribution in [0.25, 0.3) is 0 Å². The van der Waals surface area contributed by atoms with Crippen molar-refractivity contribution in [2.75, 3.05) is 30.5 Å². The van der Waals surface area contributed by atoms with E-state index < -0.39 is 48.4 Å². The lowest BCUT2D eigenvalue weighted by Crippen LogP contribution is -2.40. The minimum Gasteiger partial charge on any atom is -0.477 e. The Hall–Kier alpha value is -3.86. The van der Waals surface area contributed by atoms with Gasteiger partial charge >= 0.3 is 12.2 Å². The molecule has 0 aromatic carbocycles. The van der Waals surface area contributed by atoms with Crippen LogP contribution in [0.2, 0.25) is 0 Å². The van der Waals surface area contributed by atoms with Crippen LogP contribution in [0.5, 0.6) is 5.75 Å². The molecule has 0 spiro atoms. The highest BCUT2D eigenvalue weighted by Gasteiger charge is 2.42. The lowest BCUT2D eigenvalue weighted by atomic mass is 10.0. The highest BCUT2D eigenvalue weighted by molar-refractivity contribution is 6.01. The number of halogens is 5. The summed E-state index contributed by atoms with van der Waals surface area (Å²) in [4.78, 5) is 33.0. The second-order valence-corrected chi connectivity index (χ2v) is 7.33. The van der Waals surface area contributed by atoms with E-state index in [1.807, 2.05) is 0 Å². The molecule has 0 bridgehead atoms. The first-order valence-corrected chi connectivity index (χ1v) is 10.1. The van der Waals surface area contributed by atoms with Gasteiger partial charge in [-0.05, 0) is 24.5 Å². The maximum atomic E-state index is 13.2. The molecule has 0 saturated heterocycles. The third-order valence-corrected chi connectivity index (χ3v) is 4.99. The van der Waals surface area contributed by atoms with Crippen molar-refractivity contribution in [2.45, 2.75) is 31.5 Å². The Balaban J connectivity index is 1.88. The zero-order valence-corrected chi connectivity index (χ0v) is 18.1. The molecule has 0 fully saturated rings. The molecule has 1 N–H and O–H groups in total. The van der Waals surface area contributed by atoms with Crippen LogP contribution in [-0.4, -0.2) is 54.8 Å². The first kappa shape index (κ1) is 25.8. The summed E-state index contributed by atoms with van der Waals surface area (Å²) in [5.74, 6) is -0.726. The molecule has 1 aliphatic rings. The van der Waals surface area contributed by atoms with E-state index in [9.17, 15) is 36.8 Å². The minimum atomic E-state index is -4.80. The second-order valence-electron chi connectivity index (χ2n) is 7.33. The molecule has 0 radical (unpaired) electrons. The number of nitrogens with one attached hydrogen (secondary N) is 1. The van der Waals surface area contributed by atoms with Gasteiger partial charge in [0, 0.05) is 25.3 Å². The summed E-state index contributed by atoms with van der Waals surface area (Å²) in [7, 11) is 1.05. The number of fused-ring (bicyclic) bond motifs is 1. The lowest BCUT2D eigenvalue weighted by Gasteiger charge is -2.29. The number of amides is 2. The Bertz CT molecular complexity index is 1150. The van der Waals surface area contributed by atoms with Gasteiger partial charge in [0.1, 0.15) is 34.7 Å². The number of nitriles is 1. The second kappa shape index (κ2) is 10.6. The summed E-state index contributed by atoms with van der Waals surface area (Å²) in [6, 6.07) is 2.89. The number of anilines is 2. The first-order chi connectivity index (χ1) is 16.6. The molecular weight excluding hydrogens is 481 g/mol. The number of pyridine rings is 2. The van der Waals surface area contributed by atoms with Gasteiger partial charge in [-0.15, -0.1) is 0 Å². The van der Waals surface area contributed by atoms with Gasteiger partial charge in [0.05, 0.1) is 12.8 Å². The van der Waals surface area contributed by atoms with Gasteiger partial charge in [-0.3, -0.25) is 15.0 Å². The van der Waals surface area contributed by atoms with E-state index in [0.29, 0.717) is 18.4 Å². The molecule has 186 valence electrons. The van der Waals surface area contributed by atoms with Crippen molar-refractivity contribution >= 4 is 24.0 Å². The number of alkyl halides is 5. The zero-order chi connectivity index (χ0) is 25.8. The fourth-order valence-electron chi connectivity index (χ4n) is 3.36. The summed E-state index contributed by atoms with van der Waals surface area (Å²) in [6.45, 7) is -0.712. The van der Waals surface area contributed by atoms with Gasteiger partial charge in [0.15, 0.2) is 6.29 Å². The number of ether oxygens (including phenoxy) is 2. The Kier molecular flexibility index (Phi) is 7.80. The maximum absolute atomic E-state index is 13.2. The van der Waals surface area contributed by atoms with Crippen LogP contribution in [0.3, 0.4) is 0 Å². The van der Waals surface area contributed by atoms with Crippen molar-refractivity contribution in [2.24, 2.45) is 0 Å². The van der Waals surface area contributed by atoms with Crippen molar-refractivity contribution < 1.29 is 41.0 Å². The Morgan fingerprint density at radius 3 is 2.71 bits per heavy atom. The molecule has 14 heteroatoms. The van der Waals surface area contributed by atoms with E-state index >= 15 is 0 Å². The Labute approximate surface area is 195 Å². The smallest absolute Gasteiger partial charge is 0.427 e. The van der Waals surface area contributed by atoms with E-state index in [1.165, 1.54) is 0 Å². The number of hydrogen-bond donors (Lipinski definition) is 1. The van der Waals surface area contributed by atoms with Crippen LogP contribution in [0.1, 0.15) is 40.0 Å². The predicted octanol–water partition coefficient (Wildman–Crippen LogP) is 4.04. The van der Waals surface area contributed by atoms with Crippen molar-refractivity contribution in [3.63, 3.8) is 0 Å². The molecule has 0 aliphatic carbocycles. The summed E-state index contributed by atoms with van der Waals surface area (Å²) in [6.07, 6.45) is -8.28. The van der Waals surface area contributed by atoms with E-state index in [-0.39, 0.29) is 30.0 Å². The predicted molar refractivity (Wildman–Crippen MR) is 111 cm³/mol. The number of aromatic nitrogens is 2. The van der Waals surface area contributed by atoms with Gasteiger partial charge < -0.3 is 9.47 Å². The molecule has 3 rings (SSSR count). The van der Waals surface area contributed by atoms with Crippen LogP contribution in [-0.2, 0) is 11.2 Å². The van der Waals surface area contributed by atoms with E-state index in [2.05, 4.69) is 20.0 Å². The quantitative estimate of drug-likeness (QED) is 0.451. The van der Waals surface area contributed by atoms with Crippen LogP contribution in [0, 0.1) is 11.3 Å². The number of hydrogen-bond acceptors (Lipinski definition) is 7. The largest absolute Gasteiger partial charge is 0.477 e. The molecule has 1 aliphatic heterocycles. The molecule has 9 nitrogen and oxygen atoms in total. The minimum absolute atomic E-state index is 0.00241. The lowest BCUT2D eigenvalue weighted by molar-refractivity contribution is -0.206. The van der Waals surface area contributed by atoms with Crippen molar-refractivity contribution in [3.05, 3.63) is 40.7 Å². The van der Waals surface area contributed by atoms with Crippen molar-refractivity contribution in [1.82, 2.24) is 9.97 Å².